The number of piperazine rings is 1. The topological polar surface area (TPSA) is 52.6 Å². The molecular formula is C16H29N3O2. The van der Waals surface area contributed by atoms with Gasteiger partial charge >= 0.3 is 0 Å². The van der Waals surface area contributed by atoms with Gasteiger partial charge in [0.25, 0.3) is 0 Å². The van der Waals surface area contributed by atoms with Gasteiger partial charge < -0.3 is 15.1 Å². The number of hydrogen-bond acceptors (Lipinski definition) is 3. The third-order valence-electron chi connectivity index (χ3n) is 4.74. The summed E-state index contributed by atoms with van der Waals surface area (Å²) in [6, 6.07) is -0.332. The van der Waals surface area contributed by atoms with E-state index in [9.17, 15) is 9.59 Å². The van der Waals surface area contributed by atoms with E-state index >= 15 is 0 Å². The predicted octanol–water partition coefficient (Wildman–Crippen LogP) is 1.09. The van der Waals surface area contributed by atoms with Crippen LogP contribution >= 0.6 is 0 Å². The lowest BCUT2D eigenvalue weighted by molar-refractivity contribution is -0.156. The van der Waals surface area contributed by atoms with Crippen LogP contribution in [-0.2, 0) is 9.59 Å². The van der Waals surface area contributed by atoms with Crippen molar-refractivity contribution in [2.75, 3.05) is 26.2 Å². The maximum atomic E-state index is 12.7. The zero-order valence-electron chi connectivity index (χ0n) is 14.0. The smallest absolute Gasteiger partial charge is 0.248 e. The summed E-state index contributed by atoms with van der Waals surface area (Å²) in [5.74, 6) is 0.654. The van der Waals surface area contributed by atoms with Crippen molar-refractivity contribution in [2.45, 2.75) is 52.6 Å². The Labute approximate surface area is 128 Å². The van der Waals surface area contributed by atoms with Gasteiger partial charge in [-0.2, -0.15) is 0 Å². The van der Waals surface area contributed by atoms with Gasteiger partial charge in [-0.3, -0.25) is 9.59 Å². The summed E-state index contributed by atoms with van der Waals surface area (Å²) in [6.45, 7) is 13.7. The van der Waals surface area contributed by atoms with E-state index in [2.05, 4.69) is 17.1 Å². The molecule has 0 aromatic carbocycles. The van der Waals surface area contributed by atoms with Gasteiger partial charge in [-0.05, 0) is 45.2 Å². The second-order valence-electron chi connectivity index (χ2n) is 7.31. The Hall–Kier alpha value is -1.10. The van der Waals surface area contributed by atoms with Crippen LogP contribution in [0.25, 0.3) is 0 Å². The molecule has 0 aromatic heterocycles. The molecule has 0 spiro atoms. The zero-order valence-corrected chi connectivity index (χ0v) is 14.0. The molecule has 120 valence electrons. The van der Waals surface area contributed by atoms with Crippen LogP contribution in [0.4, 0.5) is 0 Å². The summed E-state index contributed by atoms with van der Waals surface area (Å²) in [5.41, 5.74) is -0.786. The number of hydrogen-bond donors (Lipinski definition) is 1. The molecule has 0 aromatic rings. The first-order valence-electron chi connectivity index (χ1n) is 8.11. The van der Waals surface area contributed by atoms with Crippen molar-refractivity contribution in [3.05, 3.63) is 0 Å². The minimum absolute atomic E-state index is 0.0139. The molecule has 5 nitrogen and oxygen atoms in total. The standard InChI is InChI=1S/C16H29N3O2/c1-6-18-8-7-12(9-18)10-19-13(11(2)3)14(20)17-16(4,5)15(19)21/h11-13H,6-10H2,1-5H3,(H,17,20). The van der Waals surface area contributed by atoms with Crippen LogP contribution in [0.3, 0.4) is 0 Å². The minimum atomic E-state index is -0.786. The second-order valence-corrected chi connectivity index (χ2v) is 7.31. The molecule has 2 aliphatic heterocycles. The van der Waals surface area contributed by atoms with Gasteiger partial charge in [-0.1, -0.05) is 20.8 Å². The summed E-state index contributed by atoms with van der Waals surface area (Å²) in [5, 5.41) is 2.87. The molecule has 2 aliphatic rings. The minimum Gasteiger partial charge on any atom is -0.340 e. The average Bonchev–Trinajstić information content (AvgIpc) is 2.82. The number of nitrogens with one attached hydrogen (secondary N) is 1. The molecule has 0 saturated carbocycles. The first-order valence-corrected chi connectivity index (χ1v) is 8.11. The van der Waals surface area contributed by atoms with Gasteiger partial charge in [0.1, 0.15) is 11.6 Å². The molecule has 2 amide bonds. The molecule has 2 rings (SSSR count). The van der Waals surface area contributed by atoms with Crippen molar-refractivity contribution in [1.29, 1.82) is 0 Å². The summed E-state index contributed by atoms with van der Waals surface area (Å²) >= 11 is 0. The highest BCUT2D eigenvalue weighted by Gasteiger charge is 2.47. The SMILES string of the molecule is CCN1CCC(CN2C(=O)C(C)(C)NC(=O)C2C(C)C)C1. The van der Waals surface area contributed by atoms with E-state index in [4.69, 9.17) is 0 Å². The lowest BCUT2D eigenvalue weighted by Gasteiger charge is -2.45. The van der Waals surface area contributed by atoms with Gasteiger partial charge in [0.15, 0.2) is 0 Å². The highest BCUT2D eigenvalue weighted by Crippen LogP contribution is 2.26. The molecule has 2 unspecified atom stereocenters. The monoisotopic (exact) mass is 295 g/mol. The number of likely N-dealkylation sites (tertiary alicyclic amines) is 1. The third-order valence-corrected chi connectivity index (χ3v) is 4.74. The first-order chi connectivity index (χ1) is 9.76. The Balaban J connectivity index is 2.15. The Kier molecular flexibility index (Phi) is 4.61. The summed E-state index contributed by atoms with van der Waals surface area (Å²) < 4.78 is 0. The van der Waals surface area contributed by atoms with E-state index in [-0.39, 0.29) is 23.8 Å². The molecule has 2 fully saturated rings. The first kappa shape index (κ1) is 16.3. The van der Waals surface area contributed by atoms with Gasteiger partial charge in [0.2, 0.25) is 11.8 Å². The maximum absolute atomic E-state index is 12.7. The average molecular weight is 295 g/mol. The number of nitrogens with zero attached hydrogens (tertiary/aromatic N) is 2. The molecule has 5 heteroatoms. The fourth-order valence-corrected chi connectivity index (χ4v) is 3.55. The largest absolute Gasteiger partial charge is 0.340 e. The maximum Gasteiger partial charge on any atom is 0.248 e. The van der Waals surface area contributed by atoms with Crippen molar-refractivity contribution < 1.29 is 9.59 Å². The van der Waals surface area contributed by atoms with Crippen LogP contribution < -0.4 is 5.32 Å². The van der Waals surface area contributed by atoms with E-state index in [0.29, 0.717) is 12.5 Å². The number of carbonyl (C=O) groups excluding carboxylic acids is 2. The highest BCUT2D eigenvalue weighted by molar-refractivity contribution is 5.99. The van der Waals surface area contributed by atoms with E-state index < -0.39 is 5.54 Å². The van der Waals surface area contributed by atoms with Crippen molar-refractivity contribution in [2.24, 2.45) is 11.8 Å². The lowest BCUT2D eigenvalue weighted by Crippen LogP contribution is -2.69. The Morgan fingerprint density at radius 2 is 2.00 bits per heavy atom. The Morgan fingerprint density at radius 1 is 1.33 bits per heavy atom. The van der Waals surface area contributed by atoms with Crippen molar-refractivity contribution >= 4 is 11.8 Å². The van der Waals surface area contributed by atoms with Crippen molar-refractivity contribution in [3.63, 3.8) is 0 Å². The Morgan fingerprint density at radius 3 is 2.52 bits per heavy atom. The molecule has 2 atom stereocenters. The molecule has 0 radical (unpaired) electrons. The Bertz CT molecular complexity index is 420. The van der Waals surface area contributed by atoms with Crippen LogP contribution in [0.15, 0.2) is 0 Å². The lowest BCUT2D eigenvalue weighted by atomic mass is 9.90. The molecule has 1 N–H and O–H groups in total. The van der Waals surface area contributed by atoms with Crippen LogP contribution in [0.5, 0.6) is 0 Å². The summed E-state index contributed by atoms with van der Waals surface area (Å²) in [6.07, 6.45) is 1.12. The molecular weight excluding hydrogens is 266 g/mol. The van der Waals surface area contributed by atoms with Crippen molar-refractivity contribution in [3.8, 4) is 0 Å². The number of carbonyl (C=O) groups is 2. The molecule has 21 heavy (non-hydrogen) atoms. The van der Waals surface area contributed by atoms with Gasteiger partial charge in [0.05, 0.1) is 0 Å². The fourth-order valence-electron chi connectivity index (χ4n) is 3.55. The van der Waals surface area contributed by atoms with E-state index in [1.54, 1.807) is 13.8 Å². The summed E-state index contributed by atoms with van der Waals surface area (Å²) in [7, 11) is 0. The molecule has 0 aliphatic carbocycles. The van der Waals surface area contributed by atoms with E-state index in [1.807, 2.05) is 18.7 Å². The number of rotatable bonds is 4. The second kappa shape index (κ2) is 5.95. The molecule has 2 heterocycles. The number of amides is 2. The predicted molar refractivity (Wildman–Crippen MR) is 82.8 cm³/mol. The third kappa shape index (κ3) is 3.23. The van der Waals surface area contributed by atoms with E-state index in [1.165, 1.54) is 0 Å². The highest BCUT2D eigenvalue weighted by atomic mass is 16.2. The van der Waals surface area contributed by atoms with Gasteiger partial charge in [-0.25, -0.2) is 0 Å². The summed E-state index contributed by atoms with van der Waals surface area (Å²) in [4.78, 5) is 29.4. The van der Waals surface area contributed by atoms with Crippen molar-refractivity contribution in [1.82, 2.24) is 15.1 Å². The molecule has 2 saturated heterocycles. The zero-order chi connectivity index (χ0) is 15.8. The fraction of sp³-hybridized carbons (Fsp3) is 0.875. The normalized spacial score (nSPS) is 30.1. The van der Waals surface area contributed by atoms with E-state index in [0.717, 1.165) is 26.1 Å². The van der Waals surface area contributed by atoms with Gasteiger partial charge in [-0.15, -0.1) is 0 Å². The molecule has 0 bridgehead atoms. The van der Waals surface area contributed by atoms with Crippen LogP contribution in [0.2, 0.25) is 0 Å². The van der Waals surface area contributed by atoms with Crippen LogP contribution in [0, 0.1) is 11.8 Å². The van der Waals surface area contributed by atoms with Crippen LogP contribution in [-0.4, -0.2) is 59.4 Å². The quantitative estimate of drug-likeness (QED) is 0.845. The van der Waals surface area contributed by atoms with Crippen LogP contribution in [0.1, 0.15) is 41.0 Å². The van der Waals surface area contributed by atoms with Gasteiger partial charge in [0, 0.05) is 13.1 Å².